The molecule has 1 heterocycles. The molecule has 37 heavy (non-hydrogen) atoms. The molecular weight excluding hydrogens is 468 g/mol. The van der Waals surface area contributed by atoms with Crippen LogP contribution in [-0.4, -0.2) is 72.0 Å². The maximum atomic E-state index is 12.9. The SMILES string of the molecule is Cc1ccc(C(=O)Nc2ccc(C(=O)c3ccc(NC(=O)N4CCN(CCCO)CC4)cc3)cc2)cc1. The Hall–Kier alpha value is -4.01. The quantitative estimate of drug-likeness (QED) is 0.406. The highest BCUT2D eigenvalue weighted by molar-refractivity contribution is 6.10. The summed E-state index contributed by atoms with van der Waals surface area (Å²) in [4.78, 5) is 41.9. The number of anilines is 2. The molecule has 0 spiro atoms. The van der Waals surface area contributed by atoms with E-state index in [9.17, 15) is 14.4 Å². The molecule has 0 aliphatic carbocycles. The first-order valence-corrected chi connectivity index (χ1v) is 12.4. The second-order valence-corrected chi connectivity index (χ2v) is 9.14. The first-order chi connectivity index (χ1) is 17.9. The standard InChI is InChI=1S/C29H32N4O4/c1-21-3-5-24(6-4-21)28(36)30-25-11-7-22(8-12-25)27(35)23-9-13-26(14-10-23)31-29(37)33-18-16-32(17-19-33)15-2-20-34/h3-14,34H,2,15-20H2,1H3,(H,30,36)(H,31,37). The van der Waals surface area contributed by atoms with Crippen LogP contribution in [0.4, 0.5) is 16.2 Å². The van der Waals surface area contributed by atoms with Gasteiger partial charge in [0, 0.05) is 67.4 Å². The zero-order chi connectivity index (χ0) is 26.2. The van der Waals surface area contributed by atoms with E-state index in [4.69, 9.17) is 5.11 Å². The van der Waals surface area contributed by atoms with Crippen LogP contribution < -0.4 is 10.6 Å². The number of piperazine rings is 1. The van der Waals surface area contributed by atoms with Gasteiger partial charge in [-0.2, -0.15) is 0 Å². The maximum Gasteiger partial charge on any atom is 0.321 e. The molecule has 8 heteroatoms. The van der Waals surface area contributed by atoms with Crippen molar-refractivity contribution < 1.29 is 19.5 Å². The normalized spacial score (nSPS) is 13.7. The number of hydrogen-bond donors (Lipinski definition) is 3. The first-order valence-electron chi connectivity index (χ1n) is 12.4. The smallest absolute Gasteiger partial charge is 0.321 e. The molecule has 8 nitrogen and oxygen atoms in total. The van der Waals surface area contributed by atoms with E-state index in [-0.39, 0.29) is 24.3 Å². The number of aliphatic hydroxyl groups is 1. The number of nitrogens with one attached hydrogen (secondary N) is 2. The lowest BCUT2D eigenvalue weighted by Crippen LogP contribution is -2.50. The molecule has 3 aromatic carbocycles. The number of benzene rings is 3. The van der Waals surface area contributed by atoms with Gasteiger partial charge in [-0.15, -0.1) is 0 Å². The second-order valence-electron chi connectivity index (χ2n) is 9.14. The first kappa shape index (κ1) is 26.1. The van der Waals surface area contributed by atoms with Crippen molar-refractivity contribution in [2.24, 2.45) is 0 Å². The van der Waals surface area contributed by atoms with Crippen molar-refractivity contribution in [2.45, 2.75) is 13.3 Å². The fourth-order valence-corrected chi connectivity index (χ4v) is 4.16. The summed E-state index contributed by atoms with van der Waals surface area (Å²) in [6.45, 7) is 5.82. The lowest BCUT2D eigenvalue weighted by Gasteiger charge is -2.34. The van der Waals surface area contributed by atoms with Gasteiger partial charge in [-0.05, 0) is 74.0 Å². The van der Waals surface area contributed by atoms with E-state index < -0.39 is 0 Å². The molecule has 0 unspecified atom stereocenters. The maximum absolute atomic E-state index is 12.9. The minimum absolute atomic E-state index is 0.145. The molecule has 4 rings (SSSR count). The Kier molecular flexibility index (Phi) is 8.66. The van der Waals surface area contributed by atoms with Crippen LogP contribution in [0, 0.1) is 6.92 Å². The van der Waals surface area contributed by atoms with Crippen molar-refractivity contribution in [1.29, 1.82) is 0 Å². The van der Waals surface area contributed by atoms with E-state index in [0.717, 1.165) is 31.6 Å². The summed E-state index contributed by atoms with van der Waals surface area (Å²) in [7, 11) is 0. The van der Waals surface area contributed by atoms with Crippen LogP contribution in [0.15, 0.2) is 72.8 Å². The van der Waals surface area contributed by atoms with Gasteiger partial charge in [-0.1, -0.05) is 17.7 Å². The zero-order valence-electron chi connectivity index (χ0n) is 20.9. The highest BCUT2D eigenvalue weighted by Crippen LogP contribution is 2.18. The molecule has 1 saturated heterocycles. The van der Waals surface area contributed by atoms with Gasteiger partial charge in [0.15, 0.2) is 5.78 Å². The Morgan fingerprint density at radius 1 is 0.730 bits per heavy atom. The molecule has 192 valence electrons. The minimum atomic E-state index is -0.208. The summed E-state index contributed by atoms with van der Waals surface area (Å²) in [6.07, 6.45) is 0.742. The van der Waals surface area contributed by atoms with Crippen molar-refractivity contribution in [1.82, 2.24) is 9.80 Å². The van der Waals surface area contributed by atoms with E-state index in [2.05, 4.69) is 15.5 Å². The predicted octanol–water partition coefficient (Wildman–Crippen LogP) is 4.01. The number of amides is 3. The molecule has 1 aliphatic heterocycles. The van der Waals surface area contributed by atoms with E-state index in [1.807, 2.05) is 19.1 Å². The molecule has 1 fully saturated rings. The van der Waals surface area contributed by atoms with Crippen LogP contribution >= 0.6 is 0 Å². The lowest BCUT2D eigenvalue weighted by atomic mass is 10.0. The Morgan fingerprint density at radius 2 is 1.24 bits per heavy atom. The van der Waals surface area contributed by atoms with E-state index in [1.54, 1.807) is 65.6 Å². The minimum Gasteiger partial charge on any atom is -0.396 e. The van der Waals surface area contributed by atoms with Crippen molar-refractivity contribution in [3.05, 3.63) is 95.1 Å². The lowest BCUT2D eigenvalue weighted by molar-refractivity contribution is 0.102. The summed E-state index contributed by atoms with van der Waals surface area (Å²) in [5.74, 6) is -0.353. The molecule has 0 bridgehead atoms. The zero-order valence-corrected chi connectivity index (χ0v) is 20.9. The molecule has 3 amide bonds. The average Bonchev–Trinajstić information content (AvgIpc) is 2.93. The molecule has 0 aromatic heterocycles. The van der Waals surface area contributed by atoms with E-state index in [0.29, 0.717) is 41.2 Å². The van der Waals surface area contributed by atoms with E-state index in [1.165, 1.54) is 0 Å². The van der Waals surface area contributed by atoms with Crippen molar-refractivity contribution in [2.75, 3.05) is 50.0 Å². The fourth-order valence-electron chi connectivity index (χ4n) is 4.16. The molecule has 0 saturated carbocycles. The number of urea groups is 1. The third kappa shape index (κ3) is 7.03. The monoisotopic (exact) mass is 500 g/mol. The summed E-state index contributed by atoms with van der Waals surface area (Å²) >= 11 is 0. The van der Waals surface area contributed by atoms with Gasteiger partial charge in [0.1, 0.15) is 0 Å². The van der Waals surface area contributed by atoms with Gasteiger partial charge < -0.3 is 20.6 Å². The summed E-state index contributed by atoms with van der Waals surface area (Å²) < 4.78 is 0. The van der Waals surface area contributed by atoms with Crippen LogP contribution in [0.2, 0.25) is 0 Å². The topological polar surface area (TPSA) is 102 Å². The molecule has 1 aliphatic rings. The number of aryl methyl sites for hydroxylation is 1. The Balaban J connectivity index is 1.29. The van der Waals surface area contributed by atoms with Crippen LogP contribution in [0.1, 0.15) is 38.3 Å². The third-order valence-electron chi connectivity index (χ3n) is 6.41. The van der Waals surface area contributed by atoms with Gasteiger partial charge in [0.2, 0.25) is 0 Å². The van der Waals surface area contributed by atoms with Gasteiger partial charge >= 0.3 is 6.03 Å². The van der Waals surface area contributed by atoms with Crippen molar-refractivity contribution in [3.63, 3.8) is 0 Å². The largest absolute Gasteiger partial charge is 0.396 e. The number of aliphatic hydroxyl groups excluding tert-OH is 1. The summed E-state index contributed by atoms with van der Waals surface area (Å²) in [5.41, 5.74) is 3.89. The van der Waals surface area contributed by atoms with E-state index >= 15 is 0 Å². The number of carbonyl (C=O) groups excluding carboxylic acids is 3. The number of ketones is 1. The summed E-state index contributed by atoms with van der Waals surface area (Å²) in [5, 5.41) is 14.7. The Labute approximate surface area is 216 Å². The van der Waals surface area contributed by atoms with Crippen molar-refractivity contribution >= 4 is 29.1 Å². The van der Waals surface area contributed by atoms with Gasteiger partial charge in [-0.3, -0.25) is 14.5 Å². The van der Waals surface area contributed by atoms with Crippen molar-refractivity contribution in [3.8, 4) is 0 Å². The molecule has 3 N–H and O–H groups in total. The molecule has 0 radical (unpaired) electrons. The highest BCUT2D eigenvalue weighted by atomic mass is 16.3. The highest BCUT2D eigenvalue weighted by Gasteiger charge is 2.21. The fraction of sp³-hybridized carbons (Fsp3) is 0.276. The number of hydrogen-bond acceptors (Lipinski definition) is 5. The van der Waals surface area contributed by atoms with Gasteiger partial charge in [0.05, 0.1) is 0 Å². The Morgan fingerprint density at radius 3 is 1.78 bits per heavy atom. The van der Waals surface area contributed by atoms with Crippen LogP contribution in [0.3, 0.4) is 0 Å². The molecule has 0 atom stereocenters. The van der Waals surface area contributed by atoms with Crippen LogP contribution in [-0.2, 0) is 0 Å². The predicted molar refractivity (Wildman–Crippen MR) is 144 cm³/mol. The third-order valence-corrected chi connectivity index (χ3v) is 6.41. The van der Waals surface area contributed by atoms with Gasteiger partial charge in [0.25, 0.3) is 5.91 Å². The average molecular weight is 501 g/mol. The molecular formula is C29H32N4O4. The summed E-state index contributed by atoms with van der Waals surface area (Å²) in [6, 6.07) is 20.8. The van der Waals surface area contributed by atoms with Crippen LogP contribution in [0.5, 0.6) is 0 Å². The number of carbonyl (C=O) groups is 3. The Bertz CT molecular complexity index is 1220. The number of rotatable bonds is 8. The van der Waals surface area contributed by atoms with Crippen LogP contribution in [0.25, 0.3) is 0 Å². The molecule has 3 aromatic rings. The van der Waals surface area contributed by atoms with Gasteiger partial charge in [-0.25, -0.2) is 4.79 Å². The second kappa shape index (κ2) is 12.3. The number of nitrogens with zero attached hydrogens (tertiary/aromatic N) is 2.